The molecular weight excluding hydrogens is 262 g/mol. The molecule has 1 aliphatic heterocycles. The highest BCUT2D eigenvalue weighted by molar-refractivity contribution is 6.02. The first kappa shape index (κ1) is 12.3. The van der Waals surface area contributed by atoms with Gasteiger partial charge in [0.25, 0.3) is 0 Å². The number of aromatic nitrogens is 2. The summed E-state index contributed by atoms with van der Waals surface area (Å²) in [5, 5.41) is 16.6. The van der Waals surface area contributed by atoms with E-state index in [2.05, 4.69) is 10.2 Å². The van der Waals surface area contributed by atoms with E-state index in [1.54, 1.807) is 13.0 Å². The van der Waals surface area contributed by atoms with Crippen molar-refractivity contribution in [3.63, 3.8) is 0 Å². The van der Waals surface area contributed by atoms with Crippen LogP contribution >= 0.6 is 0 Å². The zero-order valence-corrected chi connectivity index (χ0v) is 10.7. The smallest absolute Gasteiger partial charge is 0.335 e. The fraction of sp³-hybridized carbons (Fsp3) is 0.231. The molecule has 2 aromatic rings. The molecule has 0 radical (unpaired) electrons. The van der Waals surface area contributed by atoms with Crippen LogP contribution in [0.4, 0.5) is 5.69 Å². The standard InChI is InChI=1S/C13H11N3O4/c1-7-14-15-11(20-7)6-16-10-4-9(13(18)19)3-2-8(10)5-12(16)17/h2-4H,5-6H2,1H3,(H,18,19). The highest BCUT2D eigenvalue weighted by atomic mass is 16.4. The van der Waals surface area contributed by atoms with Crippen LogP contribution in [0.15, 0.2) is 22.6 Å². The number of carbonyl (C=O) groups excluding carboxylic acids is 1. The van der Waals surface area contributed by atoms with Gasteiger partial charge in [-0.25, -0.2) is 4.79 Å². The van der Waals surface area contributed by atoms with Gasteiger partial charge in [-0.3, -0.25) is 4.79 Å². The van der Waals surface area contributed by atoms with E-state index in [0.29, 0.717) is 17.5 Å². The predicted octanol–water partition coefficient (Wildman–Crippen LogP) is 1.17. The second-order valence-corrected chi connectivity index (χ2v) is 4.52. The third-order valence-electron chi connectivity index (χ3n) is 3.13. The third kappa shape index (κ3) is 2.03. The van der Waals surface area contributed by atoms with Crippen molar-refractivity contribution in [1.82, 2.24) is 10.2 Å². The van der Waals surface area contributed by atoms with Crippen LogP contribution in [0.5, 0.6) is 0 Å². The molecule has 3 rings (SSSR count). The van der Waals surface area contributed by atoms with Crippen molar-refractivity contribution in [2.75, 3.05) is 4.90 Å². The van der Waals surface area contributed by atoms with Crippen molar-refractivity contribution in [2.45, 2.75) is 19.9 Å². The number of benzene rings is 1. The summed E-state index contributed by atoms with van der Waals surface area (Å²) in [4.78, 5) is 24.5. The molecule has 0 atom stereocenters. The first-order valence-corrected chi connectivity index (χ1v) is 6.00. The molecule has 1 aliphatic rings. The Morgan fingerprint density at radius 1 is 1.45 bits per heavy atom. The number of nitrogens with zero attached hydrogens (tertiary/aromatic N) is 3. The van der Waals surface area contributed by atoms with Crippen LogP contribution in [0, 0.1) is 6.92 Å². The molecule has 1 aromatic carbocycles. The average molecular weight is 273 g/mol. The number of fused-ring (bicyclic) bond motifs is 1. The number of anilines is 1. The average Bonchev–Trinajstić information content (AvgIpc) is 2.94. The number of carbonyl (C=O) groups is 2. The van der Waals surface area contributed by atoms with E-state index in [1.165, 1.54) is 17.0 Å². The van der Waals surface area contributed by atoms with Crippen LogP contribution in [0.2, 0.25) is 0 Å². The maximum absolute atomic E-state index is 12.0. The summed E-state index contributed by atoms with van der Waals surface area (Å²) in [7, 11) is 0. The number of carboxylic acids is 1. The normalized spacial score (nSPS) is 13.7. The number of hydrogen-bond donors (Lipinski definition) is 1. The molecule has 0 bridgehead atoms. The third-order valence-corrected chi connectivity index (χ3v) is 3.13. The van der Waals surface area contributed by atoms with Crippen molar-refractivity contribution in [1.29, 1.82) is 0 Å². The van der Waals surface area contributed by atoms with E-state index in [1.807, 2.05) is 0 Å². The molecule has 7 nitrogen and oxygen atoms in total. The van der Waals surface area contributed by atoms with Crippen LogP contribution < -0.4 is 4.90 Å². The van der Waals surface area contributed by atoms with Gasteiger partial charge in [0.15, 0.2) is 0 Å². The predicted molar refractivity (Wildman–Crippen MR) is 67.3 cm³/mol. The zero-order valence-electron chi connectivity index (χ0n) is 10.7. The second kappa shape index (κ2) is 4.44. The molecule has 0 fully saturated rings. The minimum Gasteiger partial charge on any atom is -0.478 e. The Labute approximate surface area is 113 Å². The molecule has 0 saturated heterocycles. The maximum Gasteiger partial charge on any atom is 0.335 e. The number of amides is 1. The van der Waals surface area contributed by atoms with Crippen molar-refractivity contribution in [3.05, 3.63) is 41.1 Å². The highest BCUT2D eigenvalue weighted by Gasteiger charge is 2.29. The minimum absolute atomic E-state index is 0.113. The molecule has 0 aliphatic carbocycles. The summed E-state index contributed by atoms with van der Waals surface area (Å²) in [5.74, 6) is -0.394. The maximum atomic E-state index is 12.0. The summed E-state index contributed by atoms with van der Waals surface area (Å²) < 4.78 is 5.25. The summed E-state index contributed by atoms with van der Waals surface area (Å²) in [6.45, 7) is 1.81. The van der Waals surface area contributed by atoms with Gasteiger partial charge in [0.1, 0.15) is 6.54 Å². The Balaban J connectivity index is 1.95. The molecule has 102 valence electrons. The number of hydrogen-bond acceptors (Lipinski definition) is 5. The number of aromatic carboxylic acids is 1. The number of rotatable bonds is 3. The van der Waals surface area contributed by atoms with Crippen LogP contribution in [0.3, 0.4) is 0 Å². The molecule has 0 saturated carbocycles. The Morgan fingerprint density at radius 3 is 2.90 bits per heavy atom. The van der Waals surface area contributed by atoms with Gasteiger partial charge >= 0.3 is 5.97 Å². The number of aryl methyl sites for hydroxylation is 1. The van der Waals surface area contributed by atoms with Crippen LogP contribution in [0.25, 0.3) is 0 Å². The van der Waals surface area contributed by atoms with Crippen molar-refractivity contribution >= 4 is 17.6 Å². The quantitative estimate of drug-likeness (QED) is 0.901. The first-order chi connectivity index (χ1) is 9.54. The van der Waals surface area contributed by atoms with E-state index < -0.39 is 5.97 Å². The highest BCUT2D eigenvalue weighted by Crippen LogP contribution is 2.31. The van der Waals surface area contributed by atoms with Gasteiger partial charge in [-0.1, -0.05) is 6.07 Å². The SMILES string of the molecule is Cc1nnc(CN2C(=O)Cc3ccc(C(=O)O)cc32)o1. The second-order valence-electron chi connectivity index (χ2n) is 4.52. The lowest BCUT2D eigenvalue weighted by Crippen LogP contribution is -2.26. The molecule has 7 heteroatoms. The fourth-order valence-electron chi connectivity index (χ4n) is 2.20. The van der Waals surface area contributed by atoms with Crippen molar-refractivity contribution in [2.24, 2.45) is 0 Å². The fourth-order valence-corrected chi connectivity index (χ4v) is 2.20. The summed E-state index contributed by atoms with van der Waals surface area (Å²) in [6, 6.07) is 4.65. The van der Waals surface area contributed by atoms with Gasteiger partial charge in [-0.2, -0.15) is 0 Å². The van der Waals surface area contributed by atoms with E-state index in [4.69, 9.17) is 9.52 Å². The van der Waals surface area contributed by atoms with Gasteiger partial charge in [-0.05, 0) is 17.7 Å². The Kier molecular flexibility index (Phi) is 2.74. The van der Waals surface area contributed by atoms with Gasteiger partial charge in [0, 0.05) is 12.6 Å². The van der Waals surface area contributed by atoms with E-state index >= 15 is 0 Å². The number of carboxylic acid groups (broad SMARTS) is 1. The van der Waals surface area contributed by atoms with Crippen molar-refractivity contribution < 1.29 is 19.1 Å². The molecule has 20 heavy (non-hydrogen) atoms. The molecule has 1 aromatic heterocycles. The van der Waals surface area contributed by atoms with Crippen molar-refractivity contribution in [3.8, 4) is 0 Å². The van der Waals surface area contributed by atoms with Crippen LogP contribution in [0.1, 0.15) is 27.7 Å². The monoisotopic (exact) mass is 273 g/mol. The first-order valence-electron chi connectivity index (χ1n) is 6.00. The van der Waals surface area contributed by atoms with E-state index in [9.17, 15) is 9.59 Å². The van der Waals surface area contributed by atoms with E-state index in [-0.39, 0.29) is 24.4 Å². The zero-order chi connectivity index (χ0) is 14.3. The molecule has 1 amide bonds. The minimum atomic E-state index is -1.03. The Hall–Kier alpha value is -2.70. The van der Waals surface area contributed by atoms with Crippen LogP contribution in [-0.4, -0.2) is 27.2 Å². The van der Waals surface area contributed by atoms with Gasteiger partial charge in [-0.15, -0.1) is 10.2 Å². The summed E-state index contributed by atoms with van der Waals surface area (Å²) in [5.41, 5.74) is 1.53. The van der Waals surface area contributed by atoms with Gasteiger partial charge < -0.3 is 14.4 Å². The molecule has 1 N–H and O–H groups in total. The Bertz CT molecular complexity index is 707. The molecule has 0 spiro atoms. The van der Waals surface area contributed by atoms with E-state index in [0.717, 1.165) is 5.56 Å². The lowest BCUT2D eigenvalue weighted by Gasteiger charge is -2.15. The lowest BCUT2D eigenvalue weighted by molar-refractivity contribution is -0.117. The molecular formula is C13H11N3O4. The lowest BCUT2D eigenvalue weighted by atomic mass is 10.1. The summed E-state index contributed by atoms with van der Waals surface area (Å²) in [6.07, 6.45) is 0.252. The van der Waals surface area contributed by atoms with Crippen LogP contribution in [-0.2, 0) is 17.8 Å². The molecule has 2 heterocycles. The molecule has 0 unspecified atom stereocenters. The topological polar surface area (TPSA) is 96.5 Å². The largest absolute Gasteiger partial charge is 0.478 e. The van der Waals surface area contributed by atoms with Gasteiger partial charge in [0.2, 0.25) is 17.7 Å². The Morgan fingerprint density at radius 2 is 2.25 bits per heavy atom. The summed E-state index contributed by atoms with van der Waals surface area (Å²) >= 11 is 0. The van der Waals surface area contributed by atoms with Gasteiger partial charge in [0.05, 0.1) is 12.0 Å².